The number of carbonyl (C=O) groups is 1. The van der Waals surface area contributed by atoms with Crippen LogP contribution in [0.15, 0.2) is 24.3 Å². The highest BCUT2D eigenvalue weighted by molar-refractivity contribution is 6.00. The standard InChI is InChI=1S/C17H24N2O2/c1-17(10-6-12-21-17)16(20)19-11-5-8-14(18-2)13-7-3-4-9-15(13)19/h3-4,7,9,14,18H,5-6,8,10-12H2,1-2H3. The van der Waals surface area contributed by atoms with Gasteiger partial charge in [0.2, 0.25) is 0 Å². The molecule has 0 saturated carbocycles. The Bertz CT molecular complexity index is 523. The predicted octanol–water partition coefficient (Wildman–Crippen LogP) is 2.64. The minimum absolute atomic E-state index is 0.115. The molecule has 0 bridgehead atoms. The van der Waals surface area contributed by atoms with Crippen molar-refractivity contribution in [3.63, 3.8) is 0 Å². The van der Waals surface area contributed by atoms with E-state index in [0.29, 0.717) is 12.6 Å². The Morgan fingerprint density at radius 1 is 1.38 bits per heavy atom. The third-order valence-electron chi connectivity index (χ3n) is 4.74. The smallest absolute Gasteiger partial charge is 0.258 e. The van der Waals surface area contributed by atoms with Gasteiger partial charge in [-0.25, -0.2) is 0 Å². The molecule has 0 aliphatic carbocycles. The highest BCUT2D eigenvalue weighted by Gasteiger charge is 2.42. The normalized spacial score (nSPS) is 29.0. The Hall–Kier alpha value is -1.39. The van der Waals surface area contributed by atoms with Gasteiger partial charge in [0.05, 0.1) is 0 Å². The van der Waals surface area contributed by atoms with Crippen molar-refractivity contribution in [3.8, 4) is 0 Å². The third kappa shape index (κ3) is 2.58. The summed E-state index contributed by atoms with van der Waals surface area (Å²) in [6.45, 7) is 3.40. The maximum Gasteiger partial charge on any atom is 0.258 e. The fourth-order valence-electron chi connectivity index (χ4n) is 3.50. The average Bonchev–Trinajstić information content (AvgIpc) is 2.87. The molecule has 1 aromatic carbocycles. The van der Waals surface area contributed by atoms with E-state index in [1.165, 1.54) is 5.56 Å². The topological polar surface area (TPSA) is 41.6 Å². The SMILES string of the molecule is CNC1CCCN(C(=O)C2(C)CCCO2)c2ccccc21. The van der Waals surface area contributed by atoms with Gasteiger partial charge in [0.1, 0.15) is 5.60 Å². The summed E-state index contributed by atoms with van der Waals surface area (Å²) in [5, 5.41) is 3.37. The molecule has 2 aliphatic rings. The van der Waals surface area contributed by atoms with Crippen molar-refractivity contribution >= 4 is 11.6 Å². The molecule has 1 N–H and O–H groups in total. The molecule has 2 heterocycles. The number of nitrogens with one attached hydrogen (secondary N) is 1. The maximum absolute atomic E-state index is 13.0. The number of carbonyl (C=O) groups excluding carboxylic acids is 1. The fraction of sp³-hybridized carbons (Fsp3) is 0.588. The zero-order chi connectivity index (χ0) is 14.9. The lowest BCUT2D eigenvalue weighted by Crippen LogP contribution is -2.47. The van der Waals surface area contributed by atoms with E-state index >= 15 is 0 Å². The van der Waals surface area contributed by atoms with Crippen molar-refractivity contribution in [1.82, 2.24) is 5.32 Å². The lowest BCUT2D eigenvalue weighted by Gasteiger charge is -2.31. The van der Waals surface area contributed by atoms with Crippen molar-refractivity contribution in [2.45, 2.75) is 44.2 Å². The fourth-order valence-corrected chi connectivity index (χ4v) is 3.50. The molecule has 3 rings (SSSR count). The number of rotatable bonds is 2. The van der Waals surface area contributed by atoms with Crippen molar-refractivity contribution in [2.75, 3.05) is 25.1 Å². The predicted molar refractivity (Wildman–Crippen MR) is 83.4 cm³/mol. The largest absolute Gasteiger partial charge is 0.365 e. The number of ether oxygens (including phenoxy) is 1. The highest BCUT2D eigenvalue weighted by atomic mass is 16.5. The summed E-state index contributed by atoms with van der Waals surface area (Å²) in [6, 6.07) is 8.55. The van der Waals surface area contributed by atoms with Gasteiger partial charge in [0.25, 0.3) is 5.91 Å². The van der Waals surface area contributed by atoms with E-state index < -0.39 is 5.60 Å². The number of fused-ring (bicyclic) bond motifs is 1. The Kier molecular flexibility index (Phi) is 4.00. The molecular formula is C17H24N2O2. The molecule has 4 heteroatoms. The molecule has 0 radical (unpaired) electrons. The molecule has 0 aromatic heterocycles. The third-order valence-corrected chi connectivity index (χ3v) is 4.74. The van der Waals surface area contributed by atoms with Gasteiger partial charge < -0.3 is 15.0 Å². The van der Waals surface area contributed by atoms with Crippen LogP contribution in [0.1, 0.15) is 44.2 Å². The molecule has 4 nitrogen and oxygen atoms in total. The van der Waals surface area contributed by atoms with Crippen molar-refractivity contribution in [1.29, 1.82) is 0 Å². The van der Waals surface area contributed by atoms with Crippen molar-refractivity contribution in [2.24, 2.45) is 0 Å². The van der Waals surface area contributed by atoms with Crippen LogP contribution in [0.2, 0.25) is 0 Å². The second kappa shape index (κ2) is 5.78. The second-order valence-corrected chi connectivity index (χ2v) is 6.18. The van der Waals surface area contributed by atoms with Gasteiger partial charge in [0, 0.05) is 24.9 Å². The monoisotopic (exact) mass is 288 g/mol. The van der Waals surface area contributed by atoms with E-state index in [4.69, 9.17) is 4.74 Å². The summed E-state index contributed by atoms with van der Waals surface area (Å²) in [5.74, 6) is 0.115. The van der Waals surface area contributed by atoms with Crippen molar-refractivity contribution in [3.05, 3.63) is 29.8 Å². The van der Waals surface area contributed by atoms with Crippen LogP contribution in [0.4, 0.5) is 5.69 Å². The van der Waals surface area contributed by atoms with E-state index in [1.54, 1.807) is 0 Å². The Morgan fingerprint density at radius 3 is 2.90 bits per heavy atom. The van der Waals surface area contributed by atoms with Crippen LogP contribution in [-0.2, 0) is 9.53 Å². The maximum atomic E-state index is 13.0. The minimum atomic E-state index is -0.646. The van der Waals surface area contributed by atoms with Gasteiger partial charge in [-0.3, -0.25) is 4.79 Å². The Labute approximate surface area is 126 Å². The molecule has 114 valence electrons. The van der Waals surface area contributed by atoms with E-state index in [2.05, 4.69) is 17.4 Å². The van der Waals surface area contributed by atoms with Crippen LogP contribution in [-0.4, -0.2) is 31.7 Å². The summed E-state index contributed by atoms with van der Waals surface area (Å²) in [7, 11) is 1.99. The van der Waals surface area contributed by atoms with Crippen LogP contribution in [0, 0.1) is 0 Å². The number of benzene rings is 1. The molecule has 21 heavy (non-hydrogen) atoms. The van der Waals surface area contributed by atoms with Crippen molar-refractivity contribution < 1.29 is 9.53 Å². The van der Waals surface area contributed by atoms with Gasteiger partial charge >= 0.3 is 0 Å². The number of amides is 1. The lowest BCUT2D eigenvalue weighted by molar-refractivity contribution is -0.136. The zero-order valence-electron chi connectivity index (χ0n) is 12.9. The average molecular weight is 288 g/mol. The first-order valence-electron chi connectivity index (χ1n) is 7.88. The summed E-state index contributed by atoms with van der Waals surface area (Å²) in [4.78, 5) is 15.0. The van der Waals surface area contributed by atoms with E-state index in [9.17, 15) is 4.79 Å². The summed E-state index contributed by atoms with van der Waals surface area (Å²) in [6.07, 6.45) is 3.84. The first kappa shape index (κ1) is 14.5. The van der Waals surface area contributed by atoms with Crippen LogP contribution in [0.3, 0.4) is 0 Å². The zero-order valence-corrected chi connectivity index (χ0v) is 12.9. The van der Waals surface area contributed by atoms with Crippen LogP contribution >= 0.6 is 0 Å². The highest BCUT2D eigenvalue weighted by Crippen LogP contribution is 2.36. The first-order chi connectivity index (χ1) is 10.2. The quantitative estimate of drug-likeness (QED) is 0.909. The number of hydrogen-bond donors (Lipinski definition) is 1. The number of nitrogens with zero attached hydrogens (tertiary/aromatic N) is 1. The number of para-hydroxylation sites is 1. The molecule has 1 saturated heterocycles. The van der Waals surface area contributed by atoms with E-state index in [0.717, 1.165) is 37.9 Å². The first-order valence-corrected chi connectivity index (χ1v) is 7.88. The molecule has 0 spiro atoms. The number of anilines is 1. The Balaban J connectivity index is 1.96. The van der Waals surface area contributed by atoms with Gasteiger partial charge in [-0.05, 0) is 51.3 Å². The van der Waals surface area contributed by atoms with Crippen LogP contribution < -0.4 is 10.2 Å². The Morgan fingerprint density at radius 2 is 2.19 bits per heavy atom. The molecule has 1 aromatic rings. The van der Waals surface area contributed by atoms with Gasteiger partial charge in [-0.1, -0.05) is 18.2 Å². The van der Waals surface area contributed by atoms with Crippen LogP contribution in [0.25, 0.3) is 0 Å². The molecule has 1 amide bonds. The molecule has 2 aliphatic heterocycles. The van der Waals surface area contributed by atoms with E-state index in [1.807, 2.05) is 31.0 Å². The summed E-state index contributed by atoms with van der Waals surface area (Å²) >= 11 is 0. The lowest BCUT2D eigenvalue weighted by atomic mass is 9.99. The molecule has 2 unspecified atom stereocenters. The van der Waals surface area contributed by atoms with Gasteiger partial charge in [-0.15, -0.1) is 0 Å². The molecule has 2 atom stereocenters. The summed E-state index contributed by atoms with van der Waals surface area (Å²) < 4.78 is 5.76. The minimum Gasteiger partial charge on any atom is -0.365 e. The second-order valence-electron chi connectivity index (χ2n) is 6.18. The molecule has 1 fully saturated rings. The number of hydrogen-bond acceptors (Lipinski definition) is 3. The molecular weight excluding hydrogens is 264 g/mol. The van der Waals surface area contributed by atoms with E-state index in [-0.39, 0.29) is 5.91 Å². The van der Waals surface area contributed by atoms with Gasteiger partial charge in [-0.2, -0.15) is 0 Å². The van der Waals surface area contributed by atoms with Gasteiger partial charge in [0.15, 0.2) is 0 Å². The summed E-state index contributed by atoms with van der Waals surface area (Å²) in [5.41, 5.74) is 1.61. The van der Waals surface area contributed by atoms with Crippen LogP contribution in [0.5, 0.6) is 0 Å².